The number of ether oxygens (including phenoxy) is 1. The maximum Gasteiger partial charge on any atom is 0.354 e. The standard InChI is InChI=1S/C11H10N2O5/c14-9-5-18-6-10(15)13(9)4-7-1-2-8(11(16)17)12-3-7/h1-3H,4-6H2,(H,16,17). The van der Waals surface area contributed by atoms with Crippen molar-refractivity contribution in [2.75, 3.05) is 13.2 Å². The molecule has 1 aromatic heterocycles. The Kier molecular flexibility index (Phi) is 3.33. The molecule has 18 heavy (non-hydrogen) atoms. The van der Waals surface area contributed by atoms with Gasteiger partial charge in [-0.2, -0.15) is 0 Å². The fourth-order valence-corrected chi connectivity index (χ4v) is 1.52. The van der Waals surface area contributed by atoms with Crippen molar-refractivity contribution in [1.82, 2.24) is 9.88 Å². The molecule has 1 aromatic rings. The molecule has 94 valence electrons. The molecule has 1 aliphatic heterocycles. The number of aromatic carboxylic acids is 1. The van der Waals surface area contributed by atoms with Crippen molar-refractivity contribution in [3.8, 4) is 0 Å². The summed E-state index contributed by atoms with van der Waals surface area (Å²) >= 11 is 0. The van der Waals surface area contributed by atoms with E-state index in [1.54, 1.807) is 0 Å². The molecule has 0 radical (unpaired) electrons. The van der Waals surface area contributed by atoms with Crippen LogP contribution in [0.5, 0.6) is 0 Å². The zero-order valence-corrected chi connectivity index (χ0v) is 9.33. The quantitative estimate of drug-likeness (QED) is 0.737. The highest BCUT2D eigenvalue weighted by Crippen LogP contribution is 2.09. The van der Waals surface area contributed by atoms with Crippen molar-refractivity contribution >= 4 is 17.8 Å². The average molecular weight is 250 g/mol. The van der Waals surface area contributed by atoms with Crippen LogP contribution in [0.1, 0.15) is 16.1 Å². The highest BCUT2D eigenvalue weighted by Gasteiger charge is 2.26. The molecule has 0 aliphatic carbocycles. The van der Waals surface area contributed by atoms with Gasteiger partial charge in [-0.15, -0.1) is 0 Å². The first-order chi connectivity index (χ1) is 8.58. The fourth-order valence-electron chi connectivity index (χ4n) is 1.52. The van der Waals surface area contributed by atoms with Gasteiger partial charge in [-0.3, -0.25) is 14.5 Å². The summed E-state index contributed by atoms with van der Waals surface area (Å²) in [4.78, 5) is 38.3. The Morgan fingerprint density at radius 3 is 2.50 bits per heavy atom. The number of hydrogen-bond donors (Lipinski definition) is 1. The molecule has 0 atom stereocenters. The Labute approximate surface area is 102 Å². The third-order valence-electron chi connectivity index (χ3n) is 2.44. The van der Waals surface area contributed by atoms with Gasteiger partial charge >= 0.3 is 5.97 Å². The molecule has 1 aliphatic rings. The minimum absolute atomic E-state index is 0.0773. The SMILES string of the molecule is O=C(O)c1ccc(CN2C(=O)COCC2=O)cn1. The topological polar surface area (TPSA) is 96.8 Å². The van der Waals surface area contributed by atoms with Gasteiger partial charge in [-0.25, -0.2) is 9.78 Å². The molecule has 7 nitrogen and oxygen atoms in total. The smallest absolute Gasteiger partial charge is 0.354 e. The van der Waals surface area contributed by atoms with Gasteiger partial charge in [0.25, 0.3) is 11.8 Å². The molecule has 2 amide bonds. The summed E-state index contributed by atoms with van der Waals surface area (Å²) in [5.41, 5.74) is 0.502. The monoisotopic (exact) mass is 250 g/mol. The van der Waals surface area contributed by atoms with Crippen LogP contribution in [0.2, 0.25) is 0 Å². The highest BCUT2D eigenvalue weighted by atomic mass is 16.5. The summed E-state index contributed by atoms with van der Waals surface area (Å²) in [6.07, 6.45) is 1.33. The van der Waals surface area contributed by atoms with Gasteiger partial charge in [0.1, 0.15) is 18.9 Å². The summed E-state index contributed by atoms with van der Waals surface area (Å²) < 4.78 is 4.78. The number of carboxylic acids is 1. The zero-order chi connectivity index (χ0) is 13.1. The fraction of sp³-hybridized carbons (Fsp3) is 0.273. The van der Waals surface area contributed by atoms with E-state index in [1.165, 1.54) is 18.3 Å². The number of morpholine rings is 1. The molecule has 0 spiro atoms. The molecule has 2 rings (SSSR count). The second-order valence-electron chi connectivity index (χ2n) is 3.72. The van der Waals surface area contributed by atoms with Gasteiger partial charge < -0.3 is 9.84 Å². The lowest BCUT2D eigenvalue weighted by atomic mass is 10.2. The molecule has 0 bridgehead atoms. The lowest BCUT2D eigenvalue weighted by Gasteiger charge is -2.24. The van der Waals surface area contributed by atoms with Crippen LogP contribution in [0.4, 0.5) is 0 Å². The average Bonchev–Trinajstić information content (AvgIpc) is 2.34. The second kappa shape index (κ2) is 4.92. The Bertz CT molecular complexity index is 481. The van der Waals surface area contributed by atoms with Crippen LogP contribution in [-0.4, -0.2) is 46.0 Å². The predicted octanol–water partition coefficient (Wildman–Crippen LogP) is -0.335. The summed E-state index contributed by atoms with van der Waals surface area (Å²) in [6, 6.07) is 2.85. The number of carbonyl (C=O) groups is 3. The van der Waals surface area contributed by atoms with Gasteiger partial charge in [0.2, 0.25) is 0 Å². The molecule has 1 N–H and O–H groups in total. The van der Waals surface area contributed by atoms with Crippen molar-refractivity contribution in [3.05, 3.63) is 29.6 Å². The number of pyridine rings is 1. The number of amides is 2. The predicted molar refractivity (Wildman–Crippen MR) is 57.6 cm³/mol. The van der Waals surface area contributed by atoms with Crippen LogP contribution >= 0.6 is 0 Å². The number of rotatable bonds is 3. The van der Waals surface area contributed by atoms with E-state index in [1.807, 2.05) is 0 Å². The zero-order valence-electron chi connectivity index (χ0n) is 9.33. The minimum Gasteiger partial charge on any atom is -0.477 e. The van der Waals surface area contributed by atoms with E-state index in [-0.39, 0.29) is 25.5 Å². The Hall–Kier alpha value is -2.28. The van der Waals surface area contributed by atoms with Crippen molar-refractivity contribution in [3.63, 3.8) is 0 Å². The first-order valence-corrected chi connectivity index (χ1v) is 5.17. The third-order valence-corrected chi connectivity index (χ3v) is 2.44. The van der Waals surface area contributed by atoms with E-state index in [9.17, 15) is 14.4 Å². The van der Waals surface area contributed by atoms with Crippen molar-refractivity contribution in [2.45, 2.75) is 6.54 Å². The molecule has 7 heteroatoms. The molecule has 0 aromatic carbocycles. The van der Waals surface area contributed by atoms with Crippen molar-refractivity contribution in [2.24, 2.45) is 0 Å². The maximum atomic E-state index is 11.4. The molecule has 1 saturated heterocycles. The maximum absolute atomic E-state index is 11.4. The normalized spacial score (nSPS) is 15.9. The number of hydrogen-bond acceptors (Lipinski definition) is 5. The molecule has 0 saturated carbocycles. The molecule has 2 heterocycles. The largest absolute Gasteiger partial charge is 0.477 e. The van der Waals surface area contributed by atoms with Gasteiger partial charge in [-0.05, 0) is 11.6 Å². The number of carboxylic acid groups (broad SMARTS) is 1. The summed E-state index contributed by atoms with van der Waals surface area (Å²) in [5.74, 6) is -1.94. The van der Waals surface area contributed by atoms with E-state index < -0.39 is 17.8 Å². The number of carbonyl (C=O) groups excluding carboxylic acids is 2. The van der Waals surface area contributed by atoms with Crippen LogP contribution < -0.4 is 0 Å². The number of nitrogens with zero attached hydrogens (tertiary/aromatic N) is 2. The lowest BCUT2D eigenvalue weighted by molar-refractivity contribution is -0.159. The summed E-state index contributed by atoms with van der Waals surface area (Å²) in [5, 5.41) is 8.68. The van der Waals surface area contributed by atoms with Gasteiger partial charge in [0.05, 0.1) is 6.54 Å². The van der Waals surface area contributed by atoms with Gasteiger partial charge in [0, 0.05) is 6.20 Å². The van der Waals surface area contributed by atoms with E-state index in [4.69, 9.17) is 9.84 Å². The van der Waals surface area contributed by atoms with Crippen LogP contribution in [0.25, 0.3) is 0 Å². The van der Waals surface area contributed by atoms with Crippen LogP contribution in [0, 0.1) is 0 Å². The minimum atomic E-state index is -1.12. The van der Waals surface area contributed by atoms with E-state index >= 15 is 0 Å². The lowest BCUT2D eigenvalue weighted by Crippen LogP contribution is -2.45. The molecular formula is C11H10N2O5. The Morgan fingerprint density at radius 1 is 1.33 bits per heavy atom. The van der Waals surface area contributed by atoms with E-state index in [0.29, 0.717) is 5.56 Å². The first-order valence-electron chi connectivity index (χ1n) is 5.17. The molecule has 0 unspecified atom stereocenters. The molecular weight excluding hydrogens is 240 g/mol. The number of aromatic nitrogens is 1. The van der Waals surface area contributed by atoms with Crippen LogP contribution in [0.3, 0.4) is 0 Å². The van der Waals surface area contributed by atoms with Gasteiger partial charge in [0.15, 0.2) is 0 Å². The highest BCUT2D eigenvalue weighted by molar-refractivity contribution is 5.98. The Morgan fingerprint density at radius 2 is 2.00 bits per heavy atom. The van der Waals surface area contributed by atoms with E-state index in [2.05, 4.69) is 4.98 Å². The van der Waals surface area contributed by atoms with Crippen molar-refractivity contribution < 1.29 is 24.2 Å². The van der Waals surface area contributed by atoms with E-state index in [0.717, 1.165) is 4.90 Å². The number of imide groups is 1. The van der Waals surface area contributed by atoms with Crippen molar-refractivity contribution in [1.29, 1.82) is 0 Å². The summed E-state index contributed by atoms with van der Waals surface area (Å²) in [6.45, 7) is -0.160. The van der Waals surface area contributed by atoms with Gasteiger partial charge in [-0.1, -0.05) is 6.07 Å². The molecule has 1 fully saturated rings. The second-order valence-corrected chi connectivity index (χ2v) is 3.72. The Balaban J connectivity index is 2.11. The van der Waals surface area contributed by atoms with Crippen LogP contribution in [-0.2, 0) is 20.9 Å². The summed E-state index contributed by atoms with van der Waals surface area (Å²) in [7, 11) is 0. The van der Waals surface area contributed by atoms with Crippen LogP contribution in [0.15, 0.2) is 18.3 Å². The third kappa shape index (κ3) is 2.51. The first kappa shape index (κ1) is 12.2.